The van der Waals surface area contributed by atoms with Crippen LogP contribution in [0.1, 0.15) is 24.8 Å². The van der Waals surface area contributed by atoms with Crippen LogP contribution in [0, 0.1) is 0 Å². The average Bonchev–Trinajstić information content (AvgIpc) is 2.22. The first-order chi connectivity index (χ1) is 7.52. The molecule has 5 heteroatoms. The fourth-order valence-electron chi connectivity index (χ4n) is 1.38. The standard InChI is InChI=1S/C11H11Cl3O2/c12-8-5-6-9(13)11(14)7(8)3-1-2-4-10(15)16/h5-6H,1-4H2,(H,15,16). The zero-order valence-corrected chi connectivity index (χ0v) is 10.7. The van der Waals surface area contributed by atoms with Gasteiger partial charge in [0, 0.05) is 11.4 Å². The summed E-state index contributed by atoms with van der Waals surface area (Å²) in [5.41, 5.74) is 0.793. The number of benzene rings is 1. The molecule has 2 nitrogen and oxygen atoms in total. The first-order valence-electron chi connectivity index (χ1n) is 4.86. The van der Waals surface area contributed by atoms with Gasteiger partial charge >= 0.3 is 5.97 Å². The summed E-state index contributed by atoms with van der Waals surface area (Å²) in [4.78, 5) is 10.3. The maximum atomic E-state index is 10.3. The van der Waals surface area contributed by atoms with Crippen LogP contribution in [0.15, 0.2) is 12.1 Å². The number of carboxylic acid groups (broad SMARTS) is 1. The van der Waals surface area contributed by atoms with E-state index in [2.05, 4.69) is 0 Å². The van der Waals surface area contributed by atoms with E-state index in [1.54, 1.807) is 12.1 Å². The van der Waals surface area contributed by atoms with E-state index in [1.165, 1.54) is 0 Å². The second-order valence-electron chi connectivity index (χ2n) is 3.42. The van der Waals surface area contributed by atoms with Crippen molar-refractivity contribution in [1.29, 1.82) is 0 Å². The van der Waals surface area contributed by atoms with Gasteiger partial charge in [0.05, 0.1) is 10.0 Å². The molecule has 0 radical (unpaired) electrons. The minimum absolute atomic E-state index is 0.163. The molecule has 1 rings (SSSR count). The molecule has 0 atom stereocenters. The monoisotopic (exact) mass is 280 g/mol. The number of rotatable bonds is 5. The third-order valence-electron chi connectivity index (χ3n) is 2.21. The number of unbranched alkanes of at least 4 members (excludes halogenated alkanes) is 1. The molecule has 0 aliphatic carbocycles. The SMILES string of the molecule is O=C(O)CCCCc1c(Cl)ccc(Cl)c1Cl. The van der Waals surface area contributed by atoms with Crippen LogP contribution in [0.5, 0.6) is 0 Å². The maximum Gasteiger partial charge on any atom is 0.303 e. The third-order valence-corrected chi connectivity index (χ3v) is 3.40. The van der Waals surface area contributed by atoms with Gasteiger partial charge < -0.3 is 5.11 Å². The van der Waals surface area contributed by atoms with Crippen molar-refractivity contribution in [2.45, 2.75) is 25.7 Å². The van der Waals surface area contributed by atoms with Crippen LogP contribution < -0.4 is 0 Å². The summed E-state index contributed by atoms with van der Waals surface area (Å²) in [7, 11) is 0. The van der Waals surface area contributed by atoms with Crippen molar-refractivity contribution in [1.82, 2.24) is 0 Å². The van der Waals surface area contributed by atoms with Crippen molar-refractivity contribution in [3.05, 3.63) is 32.8 Å². The van der Waals surface area contributed by atoms with Gasteiger partial charge in [0.1, 0.15) is 0 Å². The lowest BCUT2D eigenvalue weighted by molar-refractivity contribution is -0.137. The number of carbonyl (C=O) groups is 1. The van der Waals surface area contributed by atoms with Crippen molar-refractivity contribution < 1.29 is 9.90 Å². The van der Waals surface area contributed by atoms with Crippen LogP contribution in [0.2, 0.25) is 15.1 Å². The smallest absolute Gasteiger partial charge is 0.303 e. The molecular formula is C11H11Cl3O2. The van der Waals surface area contributed by atoms with Crippen LogP contribution >= 0.6 is 34.8 Å². The highest BCUT2D eigenvalue weighted by atomic mass is 35.5. The molecule has 0 aliphatic heterocycles. The Balaban J connectivity index is 2.60. The zero-order chi connectivity index (χ0) is 12.1. The van der Waals surface area contributed by atoms with E-state index in [1.807, 2.05) is 0 Å². The van der Waals surface area contributed by atoms with Crippen LogP contribution in [-0.2, 0) is 11.2 Å². The highest BCUT2D eigenvalue weighted by molar-refractivity contribution is 6.44. The van der Waals surface area contributed by atoms with Gasteiger partial charge in [0.25, 0.3) is 0 Å². The molecule has 0 heterocycles. The molecule has 0 aliphatic rings. The number of aliphatic carboxylic acids is 1. The predicted molar refractivity (Wildman–Crippen MR) is 66.7 cm³/mol. The lowest BCUT2D eigenvalue weighted by Crippen LogP contribution is -1.96. The van der Waals surface area contributed by atoms with E-state index in [9.17, 15) is 4.79 Å². The number of halogens is 3. The molecule has 16 heavy (non-hydrogen) atoms. The summed E-state index contributed by atoms with van der Waals surface area (Å²) < 4.78 is 0. The van der Waals surface area contributed by atoms with Gasteiger partial charge in [-0.05, 0) is 37.0 Å². The van der Waals surface area contributed by atoms with Crippen molar-refractivity contribution in [2.24, 2.45) is 0 Å². The topological polar surface area (TPSA) is 37.3 Å². The van der Waals surface area contributed by atoms with Gasteiger partial charge in [0.15, 0.2) is 0 Å². The van der Waals surface area contributed by atoms with E-state index in [0.717, 1.165) is 12.0 Å². The van der Waals surface area contributed by atoms with Crippen molar-refractivity contribution in [3.8, 4) is 0 Å². The summed E-state index contributed by atoms with van der Waals surface area (Å²) in [6, 6.07) is 3.34. The first-order valence-corrected chi connectivity index (χ1v) is 6.00. The van der Waals surface area contributed by atoms with Gasteiger partial charge in [-0.3, -0.25) is 4.79 Å². The van der Waals surface area contributed by atoms with Crippen LogP contribution in [0.4, 0.5) is 0 Å². The van der Waals surface area contributed by atoms with Gasteiger partial charge in [0.2, 0.25) is 0 Å². The fraction of sp³-hybridized carbons (Fsp3) is 0.364. The van der Waals surface area contributed by atoms with Crippen molar-refractivity contribution in [2.75, 3.05) is 0 Å². The van der Waals surface area contributed by atoms with Crippen molar-refractivity contribution >= 4 is 40.8 Å². The molecule has 1 aromatic carbocycles. The van der Waals surface area contributed by atoms with Crippen LogP contribution in [0.3, 0.4) is 0 Å². The third kappa shape index (κ3) is 3.85. The molecule has 1 aromatic rings. The summed E-state index contributed by atoms with van der Waals surface area (Å²) >= 11 is 17.9. The van der Waals surface area contributed by atoms with E-state index in [0.29, 0.717) is 27.9 Å². The maximum absolute atomic E-state index is 10.3. The van der Waals surface area contributed by atoms with Gasteiger partial charge in [-0.15, -0.1) is 0 Å². The van der Waals surface area contributed by atoms with E-state index in [-0.39, 0.29) is 6.42 Å². The number of hydrogen-bond acceptors (Lipinski definition) is 1. The van der Waals surface area contributed by atoms with Crippen molar-refractivity contribution in [3.63, 3.8) is 0 Å². The molecule has 0 amide bonds. The number of carboxylic acids is 1. The second-order valence-corrected chi connectivity index (χ2v) is 4.61. The molecule has 0 bridgehead atoms. The lowest BCUT2D eigenvalue weighted by Gasteiger charge is -2.07. The molecule has 0 unspecified atom stereocenters. The summed E-state index contributed by atoms with van der Waals surface area (Å²) in [5.74, 6) is -0.789. The highest BCUT2D eigenvalue weighted by Crippen LogP contribution is 2.32. The Kier molecular flexibility index (Phi) is 5.39. The first kappa shape index (κ1) is 13.6. The van der Waals surface area contributed by atoms with Gasteiger partial charge in [-0.25, -0.2) is 0 Å². The average molecular weight is 282 g/mol. The Hall–Kier alpha value is -0.440. The molecule has 0 spiro atoms. The Labute approximate surface area is 109 Å². The number of hydrogen-bond donors (Lipinski definition) is 1. The Morgan fingerprint density at radius 1 is 1.12 bits per heavy atom. The largest absolute Gasteiger partial charge is 0.481 e. The Morgan fingerprint density at radius 2 is 1.75 bits per heavy atom. The molecule has 0 fully saturated rings. The lowest BCUT2D eigenvalue weighted by atomic mass is 10.1. The quantitative estimate of drug-likeness (QED) is 0.640. The minimum atomic E-state index is -0.789. The molecule has 1 N–H and O–H groups in total. The zero-order valence-electron chi connectivity index (χ0n) is 8.47. The molecule has 0 saturated heterocycles. The van der Waals surface area contributed by atoms with E-state index >= 15 is 0 Å². The fourth-order valence-corrected chi connectivity index (χ4v) is 2.11. The predicted octanol–water partition coefficient (Wildman–Crippen LogP) is 4.44. The highest BCUT2D eigenvalue weighted by Gasteiger charge is 2.09. The van der Waals surface area contributed by atoms with Crippen LogP contribution in [-0.4, -0.2) is 11.1 Å². The normalized spacial score (nSPS) is 10.4. The summed E-state index contributed by atoms with van der Waals surface area (Å²) in [6.07, 6.45) is 2.14. The summed E-state index contributed by atoms with van der Waals surface area (Å²) in [6.45, 7) is 0. The molecule has 0 saturated carbocycles. The minimum Gasteiger partial charge on any atom is -0.481 e. The summed E-state index contributed by atoms with van der Waals surface area (Å²) in [5, 5.41) is 10.00. The Bertz CT molecular complexity index is 391. The molecular weight excluding hydrogens is 270 g/mol. The second kappa shape index (κ2) is 6.33. The van der Waals surface area contributed by atoms with Gasteiger partial charge in [-0.2, -0.15) is 0 Å². The molecule has 88 valence electrons. The van der Waals surface area contributed by atoms with E-state index in [4.69, 9.17) is 39.9 Å². The van der Waals surface area contributed by atoms with E-state index < -0.39 is 5.97 Å². The Morgan fingerprint density at radius 3 is 2.38 bits per heavy atom. The molecule has 0 aromatic heterocycles. The van der Waals surface area contributed by atoms with Crippen LogP contribution in [0.25, 0.3) is 0 Å². The van der Waals surface area contributed by atoms with Gasteiger partial charge in [-0.1, -0.05) is 34.8 Å².